The van der Waals surface area contributed by atoms with Crippen molar-refractivity contribution in [3.05, 3.63) is 22.7 Å². The topological polar surface area (TPSA) is 72.0 Å². The Labute approximate surface area is 92.5 Å². The van der Waals surface area contributed by atoms with E-state index in [4.69, 9.17) is 5.73 Å². The summed E-state index contributed by atoms with van der Waals surface area (Å²) in [5, 5.41) is 18.2. The van der Waals surface area contributed by atoms with Gasteiger partial charge in [0.05, 0.1) is 5.56 Å². The van der Waals surface area contributed by atoms with Crippen LogP contribution in [0.4, 0.5) is 5.13 Å². The van der Waals surface area contributed by atoms with Gasteiger partial charge in [0, 0.05) is 4.47 Å². The van der Waals surface area contributed by atoms with Crippen molar-refractivity contribution in [1.82, 2.24) is 10.2 Å². The van der Waals surface area contributed by atoms with Crippen molar-refractivity contribution >= 4 is 32.4 Å². The number of nitrogens with zero attached hydrogens (tertiary/aromatic N) is 2. The Bertz CT molecular complexity index is 471. The number of aromatic nitrogens is 2. The summed E-state index contributed by atoms with van der Waals surface area (Å²) in [5.74, 6) is 0.163. The fourth-order valence-corrected chi connectivity index (χ4v) is 2.02. The zero-order chi connectivity index (χ0) is 10.1. The Morgan fingerprint density at radius 3 is 2.71 bits per heavy atom. The lowest BCUT2D eigenvalue weighted by atomic mass is 10.2. The fourth-order valence-electron chi connectivity index (χ4n) is 1.03. The van der Waals surface area contributed by atoms with E-state index in [0.717, 1.165) is 4.47 Å². The molecule has 1 heterocycles. The largest absolute Gasteiger partial charge is 0.507 e. The van der Waals surface area contributed by atoms with Gasteiger partial charge in [0.2, 0.25) is 5.13 Å². The molecule has 2 aromatic rings. The number of halogens is 1. The van der Waals surface area contributed by atoms with Crippen molar-refractivity contribution in [3.8, 4) is 16.3 Å². The van der Waals surface area contributed by atoms with Crippen LogP contribution in [0.1, 0.15) is 0 Å². The Balaban J connectivity index is 2.52. The van der Waals surface area contributed by atoms with Crippen molar-refractivity contribution in [3.63, 3.8) is 0 Å². The monoisotopic (exact) mass is 271 g/mol. The lowest BCUT2D eigenvalue weighted by Crippen LogP contribution is -1.80. The molecule has 1 aromatic carbocycles. The second kappa shape index (κ2) is 3.55. The molecule has 0 spiro atoms. The number of nitrogens with two attached hydrogens (primary N) is 1. The Morgan fingerprint density at radius 2 is 2.14 bits per heavy atom. The van der Waals surface area contributed by atoms with Crippen LogP contribution in [0.2, 0.25) is 0 Å². The van der Waals surface area contributed by atoms with Gasteiger partial charge in [0.1, 0.15) is 5.75 Å². The molecule has 6 heteroatoms. The van der Waals surface area contributed by atoms with Crippen molar-refractivity contribution < 1.29 is 5.11 Å². The van der Waals surface area contributed by atoms with E-state index in [1.807, 2.05) is 6.07 Å². The average molecular weight is 272 g/mol. The molecule has 0 atom stereocenters. The van der Waals surface area contributed by atoms with Gasteiger partial charge < -0.3 is 10.8 Å². The molecule has 14 heavy (non-hydrogen) atoms. The average Bonchev–Trinajstić information content (AvgIpc) is 2.51. The molecule has 72 valence electrons. The van der Waals surface area contributed by atoms with Crippen LogP contribution in [0.15, 0.2) is 22.7 Å². The van der Waals surface area contributed by atoms with Crippen molar-refractivity contribution in [1.29, 1.82) is 0 Å². The molecule has 0 unspecified atom stereocenters. The number of anilines is 1. The second-order valence-corrected chi connectivity index (χ2v) is 4.53. The van der Waals surface area contributed by atoms with Crippen LogP contribution in [-0.2, 0) is 0 Å². The third-order valence-corrected chi connectivity index (χ3v) is 2.91. The van der Waals surface area contributed by atoms with Gasteiger partial charge in [-0.05, 0) is 18.2 Å². The lowest BCUT2D eigenvalue weighted by molar-refractivity contribution is 0.477. The fraction of sp³-hybridized carbons (Fsp3) is 0. The number of rotatable bonds is 1. The molecular weight excluding hydrogens is 266 g/mol. The van der Waals surface area contributed by atoms with Crippen molar-refractivity contribution in [2.75, 3.05) is 5.73 Å². The molecule has 3 N–H and O–H groups in total. The van der Waals surface area contributed by atoms with E-state index in [-0.39, 0.29) is 5.75 Å². The Kier molecular flexibility index (Phi) is 2.39. The second-order valence-electron chi connectivity index (χ2n) is 2.61. The SMILES string of the molecule is Nc1nnc(-c2ccc(Br)cc2O)s1. The quantitative estimate of drug-likeness (QED) is 0.835. The maximum atomic E-state index is 9.62. The lowest BCUT2D eigenvalue weighted by Gasteiger charge is -1.99. The maximum absolute atomic E-state index is 9.62. The maximum Gasteiger partial charge on any atom is 0.203 e. The van der Waals surface area contributed by atoms with Gasteiger partial charge in [0.15, 0.2) is 5.01 Å². The summed E-state index contributed by atoms with van der Waals surface area (Å²) in [4.78, 5) is 0. The molecule has 0 radical (unpaired) electrons. The highest BCUT2D eigenvalue weighted by Crippen LogP contribution is 2.33. The summed E-state index contributed by atoms with van der Waals surface area (Å²) < 4.78 is 0.816. The van der Waals surface area contributed by atoms with Gasteiger partial charge in [-0.1, -0.05) is 27.3 Å². The molecule has 1 aromatic heterocycles. The number of phenols is 1. The van der Waals surface area contributed by atoms with E-state index >= 15 is 0 Å². The summed E-state index contributed by atoms with van der Waals surface area (Å²) in [7, 11) is 0. The molecule has 0 fully saturated rings. The summed E-state index contributed by atoms with van der Waals surface area (Å²) >= 11 is 4.50. The van der Waals surface area contributed by atoms with Gasteiger partial charge in [0.25, 0.3) is 0 Å². The van der Waals surface area contributed by atoms with Crippen molar-refractivity contribution in [2.45, 2.75) is 0 Å². The van der Waals surface area contributed by atoms with Crippen LogP contribution >= 0.6 is 27.3 Å². The van der Waals surface area contributed by atoms with Crippen molar-refractivity contribution in [2.24, 2.45) is 0 Å². The number of phenolic OH excluding ortho intramolecular Hbond substituents is 1. The minimum atomic E-state index is 0.163. The minimum absolute atomic E-state index is 0.163. The normalized spacial score (nSPS) is 10.4. The van der Waals surface area contributed by atoms with E-state index in [1.54, 1.807) is 12.1 Å². The highest BCUT2D eigenvalue weighted by molar-refractivity contribution is 9.10. The Hall–Kier alpha value is -1.14. The molecular formula is C8H6BrN3OS. The van der Waals surface area contributed by atoms with Crippen LogP contribution in [0.3, 0.4) is 0 Å². The van der Waals surface area contributed by atoms with E-state index in [0.29, 0.717) is 15.7 Å². The van der Waals surface area contributed by atoms with E-state index in [2.05, 4.69) is 26.1 Å². The molecule has 0 saturated carbocycles. The smallest absolute Gasteiger partial charge is 0.203 e. The molecule has 0 aliphatic heterocycles. The van der Waals surface area contributed by atoms with Crippen LogP contribution < -0.4 is 5.73 Å². The summed E-state index contributed by atoms with van der Waals surface area (Å²) in [6.45, 7) is 0. The van der Waals surface area contributed by atoms with Gasteiger partial charge in [-0.3, -0.25) is 0 Å². The van der Waals surface area contributed by atoms with E-state index in [1.165, 1.54) is 11.3 Å². The van der Waals surface area contributed by atoms with E-state index in [9.17, 15) is 5.11 Å². The first-order valence-electron chi connectivity index (χ1n) is 3.74. The van der Waals surface area contributed by atoms with Crippen LogP contribution in [0.5, 0.6) is 5.75 Å². The standard InChI is InChI=1S/C8H6BrN3OS/c9-4-1-2-5(6(13)3-4)7-11-12-8(10)14-7/h1-3,13H,(H2,10,12). The number of nitrogen functional groups attached to an aromatic ring is 1. The molecule has 0 aliphatic rings. The van der Waals surface area contributed by atoms with Gasteiger partial charge >= 0.3 is 0 Å². The zero-order valence-corrected chi connectivity index (χ0v) is 9.34. The molecule has 0 bridgehead atoms. The number of hydrogen-bond donors (Lipinski definition) is 2. The third kappa shape index (κ3) is 1.71. The van der Waals surface area contributed by atoms with Crippen LogP contribution in [0, 0.1) is 0 Å². The third-order valence-electron chi connectivity index (χ3n) is 1.63. The Morgan fingerprint density at radius 1 is 1.36 bits per heavy atom. The molecule has 0 aliphatic carbocycles. The summed E-state index contributed by atoms with van der Waals surface area (Å²) in [5.41, 5.74) is 6.09. The van der Waals surface area contributed by atoms with E-state index < -0.39 is 0 Å². The first-order valence-corrected chi connectivity index (χ1v) is 5.35. The van der Waals surface area contributed by atoms with Gasteiger partial charge in [-0.2, -0.15) is 0 Å². The predicted molar refractivity (Wildman–Crippen MR) is 59.1 cm³/mol. The van der Waals surface area contributed by atoms with Crippen LogP contribution in [0.25, 0.3) is 10.6 Å². The molecule has 0 saturated heterocycles. The van der Waals surface area contributed by atoms with Gasteiger partial charge in [-0.25, -0.2) is 0 Å². The summed E-state index contributed by atoms with van der Waals surface area (Å²) in [6.07, 6.45) is 0. The minimum Gasteiger partial charge on any atom is -0.507 e. The summed E-state index contributed by atoms with van der Waals surface area (Å²) in [6, 6.07) is 5.19. The molecule has 2 rings (SSSR count). The first kappa shape index (κ1) is 9.42. The number of aromatic hydroxyl groups is 1. The highest BCUT2D eigenvalue weighted by Gasteiger charge is 2.09. The van der Waals surface area contributed by atoms with Gasteiger partial charge in [-0.15, -0.1) is 10.2 Å². The van der Waals surface area contributed by atoms with Crippen LogP contribution in [-0.4, -0.2) is 15.3 Å². The first-order chi connectivity index (χ1) is 6.66. The molecule has 4 nitrogen and oxygen atoms in total. The highest BCUT2D eigenvalue weighted by atomic mass is 79.9. The molecule has 0 amide bonds. The zero-order valence-electron chi connectivity index (χ0n) is 6.94. The number of hydrogen-bond acceptors (Lipinski definition) is 5. The number of benzene rings is 1. The predicted octanol–water partition coefficient (Wildman–Crippen LogP) is 2.26.